The Kier molecular flexibility index (Phi) is 4.36. The van der Waals surface area contributed by atoms with Gasteiger partial charge in [0.25, 0.3) is 5.91 Å². The van der Waals surface area contributed by atoms with Crippen LogP contribution in [0, 0.1) is 5.82 Å². The second kappa shape index (κ2) is 6.84. The molecular formula is C18H19FN6O2. The quantitative estimate of drug-likeness (QED) is 0.654. The average Bonchev–Trinajstić information content (AvgIpc) is 3.27. The van der Waals surface area contributed by atoms with E-state index in [1.165, 1.54) is 31.5 Å². The Morgan fingerprint density at radius 3 is 3.07 bits per heavy atom. The van der Waals surface area contributed by atoms with E-state index in [2.05, 4.69) is 30.4 Å². The number of carbonyl (C=O) groups is 1. The number of nitrogens with zero attached hydrogens (tertiary/aromatic N) is 3. The van der Waals surface area contributed by atoms with Gasteiger partial charge in [-0.15, -0.1) is 0 Å². The van der Waals surface area contributed by atoms with E-state index in [1.54, 1.807) is 0 Å². The summed E-state index contributed by atoms with van der Waals surface area (Å²) in [4.78, 5) is 22.7. The van der Waals surface area contributed by atoms with Crippen molar-refractivity contribution in [2.24, 2.45) is 0 Å². The summed E-state index contributed by atoms with van der Waals surface area (Å²) in [7, 11) is 3.43. The number of likely N-dealkylation sites (N-methyl/N-ethyl adjacent to an activating group) is 1. The van der Waals surface area contributed by atoms with Gasteiger partial charge in [-0.3, -0.25) is 9.89 Å². The number of H-pyrrole nitrogens is 2. The number of aromatic nitrogens is 4. The van der Waals surface area contributed by atoms with Gasteiger partial charge in [0.1, 0.15) is 17.1 Å². The van der Waals surface area contributed by atoms with Crippen molar-refractivity contribution in [3.05, 3.63) is 47.2 Å². The number of amides is 1. The van der Waals surface area contributed by atoms with Gasteiger partial charge in [0.05, 0.1) is 18.5 Å². The number of benzene rings is 1. The standard InChI is InChI=1S/C18H19FN6O2/c1-25-7-6-11-13(9-25)22-17(21-11)16-12(8-20-24-16)23-18(26)15-10(19)4-3-5-14(15)27-2/h3-5,8H,6-7,9H2,1-2H3,(H,20,24)(H,21,22)(H,23,26). The van der Waals surface area contributed by atoms with Crippen LogP contribution < -0.4 is 10.1 Å². The molecule has 1 aromatic carbocycles. The highest BCUT2D eigenvalue weighted by atomic mass is 19.1. The second-order valence-electron chi connectivity index (χ2n) is 6.42. The van der Waals surface area contributed by atoms with Gasteiger partial charge in [0, 0.05) is 31.4 Å². The van der Waals surface area contributed by atoms with Crippen molar-refractivity contribution in [1.29, 1.82) is 0 Å². The number of imidazole rings is 1. The topological polar surface area (TPSA) is 98.9 Å². The highest BCUT2D eigenvalue weighted by Gasteiger charge is 2.23. The zero-order chi connectivity index (χ0) is 19.0. The van der Waals surface area contributed by atoms with Gasteiger partial charge < -0.3 is 19.9 Å². The third-order valence-corrected chi connectivity index (χ3v) is 4.56. The maximum Gasteiger partial charge on any atom is 0.262 e. The molecule has 0 saturated heterocycles. The van der Waals surface area contributed by atoms with Gasteiger partial charge in [-0.05, 0) is 19.2 Å². The van der Waals surface area contributed by atoms with Crippen molar-refractivity contribution in [3.8, 4) is 17.3 Å². The van der Waals surface area contributed by atoms with Crippen molar-refractivity contribution in [2.75, 3.05) is 26.0 Å². The van der Waals surface area contributed by atoms with Crippen LogP contribution in [0.15, 0.2) is 24.4 Å². The van der Waals surface area contributed by atoms with E-state index in [9.17, 15) is 9.18 Å². The van der Waals surface area contributed by atoms with Crippen molar-refractivity contribution in [2.45, 2.75) is 13.0 Å². The molecule has 27 heavy (non-hydrogen) atoms. The van der Waals surface area contributed by atoms with E-state index < -0.39 is 11.7 Å². The minimum Gasteiger partial charge on any atom is -0.496 e. The summed E-state index contributed by atoms with van der Waals surface area (Å²) in [5.74, 6) is -0.557. The van der Waals surface area contributed by atoms with Crippen LogP contribution in [0.25, 0.3) is 11.5 Å². The van der Waals surface area contributed by atoms with E-state index in [1.807, 2.05) is 7.05 Å². The fourth-order valence-corrected chi connectivity index (χ4v) is 3.18. The van der Waals surface area contributed by atoms with Crippen molar-refractivity contribution in [3.63, 3.8) is 0 Å². The van der Waals surface area contributed by atoms with Crippen LogP contribution in [0.1, 0.15) is 21.7 Å². The van der Waals surface area contributed by atoms with Gasteiger partial charge in [0.15, 0.2) is 11.5 Å². The molecule has 3 heterocycles. The molecule has 1 aliphatic rings. The summed E-state index contributed by atoms with van der Waals surface area (Å²) < 4.78 is 19.2. The first kappa shape index (κ1) is 17.2. The van der Waals surface area contributed by atoms with Crippen LogP contribution in [-0.4, -0.2) is 51.7 Å². The first-order valence-electron chi connectivity index (χ1n) is 8.51. The Morgan fingerprint density at radius 2 is 2.26 bits per heavy atom. The highest BCUT2D eigenvalue weighted by molar-refractivity contribution is 6.07. The molecule has 1 aliphatic heterocycles. The molecule has 140 valence electrons. The molecule has 0 saturated carbocycles. The Balaban J connectivity index is 1.63. The number of hydrogen-bond donors (Lipinski definition) is 3. The van der Waals surface area contributed by atoms with Gasteiger partial charge in [-0.25, -0.2) is 9.37 Å². The summed E-state index contributed by atoms with van der Waals surface area (Å²) in [6.07, 6.45) is 2.41. The normalized spacial score (nSPS) is 14.0. The smallest absolute Gasteiger partial charge is 0.262 e. The number of nitrogens with one attached hydrogen (secondary N) is 3. The van der Waals surface area contributed by atoms with Crippen molar-refractivity contribution >= 4 is 11.6 Å². The SMILES string of the molecule is COc1cccc(F)c1C(=O)Nc1c[nH]nc1-c1nc2c([nH]1)CCN(C)C2. The molecule has 0 unspecified atom stereocenters. The minimum atomic E-state index is -0.659. The molecule has 0 spiro atoms. The zero-order valence-electron chi connectivity index (χ0n) is 15.0. The lowest BCUT2D eigenvalue weighted by atomic mass is 10.1. The van der Waals surface area contributed by atoms with E-state index in [0.717, 1.165) is 30.9 Å². The average molecular weight is 370 g/mol. The van der Waals surface area contributed by atoms with E-state index >= 15 is 0 Å². The molecule has 0 atom stereocenters. The van der Waals surface area contributed by atoms with Crippen LogP contribution in [0.2, 0.25) is 0 Å². The van der Waals surface area contributed by atoms with Gasteiger partial charge in [-0.1, -0.05) is 6.07 Å². The van der Waals surface area contributed by atoms with Crippen LogP contribution in [0.5, 0.6) is 5.75 Å². The predicted octanol–water partition coefficient (Wildman–Crippen LogP) is 2.19. The lowest BCUT2D eigenvalue weighted by molar-refractivity contribution is 0.102. The molecule has 9 heteroatoms. The Morgan fingerprint density at radius 1 is 1.41 bits per heavy atom. The molecule has 4 rings (SSSR count). The Hall–Kier alpha value is -3.20. The van der Waals surface area contributed by atoms with Crippen LogP contribution >= 0.6 is 0 Å². The molecule has 0 aliphatic carbocycles. The number of ether oxygens (including phenoxy) is 1. The van der Waals surface area contributed by atoms with Crippen LogP contribution in [0.3, 0.4) is 0 Å². The summed E-state index contributed by atoms with van der Waals surface area (Å²) in [5, 5.41) is 9.60. The summed E-state index contributed by atoms with van der Waals surface area (Å²) in [6, 6.07) is 4.23. The zero-order valence-corrected chi connectivity index (χ0v) is 15.0. The maximum atomic E-state index is 14.1. The predicted molar refractivity (Wildman–Crippen MR) is 97.1 cm³/mol. The van der Waals surface area contributed by atoms with Gasteiger partial charge in [0.2, 0.25) is 0 Å². The number of carbonyl (C=O) groups excluding carboxylic acids is 1. The van der Waals surface area contributed by atoms with E-state index in [4.69, 9.17) is 4.74 Å². The number of methoxy groups -OCH3 is 1. The third kappa shape index (κ3) is 3.17. The monoisotopic (exact) mass is 370 g/mol. The Labute approximate surface area is 154 Å². The lowest BCUT2D eigenvalue weighted by Gasteiger charge is -2.20. The molecule has 0 radical (unpaired) electrons. The third-order valence-electron chi connectivity index (χ3n) is 4.56. The van der Waals surface area contributed by atoms with E-state index in [0.29, 0.717) is 17.2 Å². The fraction of sp³-hybridized carbons (Fsp3) is 0.278. The Bertz CT molecular complexity index is 996. The number of rotatable bonds is 4. The maximum absolute atomic E-state index is 14.1. The number of fused-ring (bicyclic) bond motifs is 1. The molecular weight excluding hydrogens is 351 g/mol. The highest BCUT2D eigenvalue weighted by Crippen LogP contribution is 2.28. The fourth-order valence-electron chi connectivity index (χ4n) is 3.18. The number of halogens is 1. The lowest BCUT2D eigenvalue weighted by Crippen LogP contribution is -2.26. The molecule has 2 aromatic heterocycles. The first-order chi connectivity index (χ1) is 13.1. The summed E-state index contributed by atoms with van der Waals surface area (Å²) in [6.45, 7) is 1.70. The van der Waals surface area contributed by atoms with Crippen LogP contribution in [0.4, 0.5) is 10.1 Å². The van der Waals surface area contributed by atoms with Crippen LogP contribution in [-0.2, 0) is 13.0 Å². The number of aromatic amines is 2. The molecule has 0 bridgehead atoms. The van der Waals surface area contributed by atoms with Crippen molar-refractivity contribution in [1.82, 2.24) is 25.1 Å². The van der Waals surface area contributed by atoms with Gasteiger partial charge >= 0.3 is 0 Å². The molecule has 3 aromatic rings. The first-order valence-corrected chi connectivity index (χ1v) is 8.51. The second-order valence-corrected chi connectivity index (χ2v) is 6.42. The largest absolute Gasteiger partial charge is 0.496 e. The van der Waals surface area contributed by atoms with Crippen molar-refractivity contribution < 1.29 is 13.9 Å². The number of anilines is 1. The molecule has 1 amide bonds. The summed E-state index contributed by atoms with van der Waals surface area (Å²) >= 11 is 0. The molecule has 8 nitrogen and oxygen atoms in total. The molecule has 3 N–H and O–H groups in total. The van der Waals surface area contributed by atoms with Gasteiger partial charge in [-0.2, -0.15) is 5.10 Å². The van der Waals surface area contributed by atoms with E-state index in [-0.39, 0.29) is 11.3 Å². The molecule has 0 fully saturated rings. The summed E-state index contributed by atoms with van der Waals surface area (Å²) in [5.41, 5.74) is 2.75. The minimum absolute atomic E-state index is 0.160. The number of hydrogen-bond acceptors (Lipinski definition) is 5.